The topological polar surface area (TPSA) is 88.1 Å². The summed E-state index contributed by atoms with van der Waals surface area (Å²) in [6.45, 7) is 0.878. The summed E-state index contributed by atoms with van der Waals surface area (Å²) in [4.78, 5) is 12.4. The van der Waals surface area contributed by atoms with Gasteiger partial charge in [0.25, 0.3) is 0 Å². The van der Waals surface area contributed by atoms with E-state index in [4.69, 9.17) is 10.7 Å². The van der Waals surface area contributed by atoms with Gasteiger partial charge in [-0.15, -0.1) is 0 Å². The Labute approximate surface area is 204 Å². The Morgan fingerprint density at radius 2 is 1.76 bits per heavy atom. The standard InChI is InChI=1S/C25H29BrN4O2S/c26-17-12-14-18(15-13-17)33(31,32)23-11-4-3-7-20(23)22-10-2-1-5-16-30(22)24-19-8-6-9-21(19)28-25(27)29-24/h3-4,7,11-15,19,22,24H,1-2,5-6,8-10,16H2,(H2,27,29). The van der Waals surface area contributed by atoms with Crippen LogP contribution in [0.2, 0.25) is 0 Å². The number of likely N-dealkylation sites (tertiary alicyclic amines) is 1. The number of halogens is 1. The Morgan fingerprint density at radius 1 is 0.970 bits per heavy atom. The third kappa shape index (κ3) is 4.40. The van der Waals surface area contributed by atoms with Gasteiger partial charge in [0.05, 0.1) is 9.79 Å². The molecule has 174 valence electrons. The van der Waals surface area contributed by atoms with E-state index in [0.29, 0.717) is 15.8 Å². The molecule has 0 spiro atoms. The summed E-state index contributed by atoms with van der Waals surface area (Å²) in [5, 5.41) is 0. The summed E-state index contributed by atoms with van der Waals surface area (Å²) in [5.74, 6) is 0.625. The molecule has 6 nitrogen and oxygen atoms in total. The van der Waals surface area contributed by atoms with Gasteiger partial charge in [-0.2, -0.15) is 0 Å². The van der Waals surface area contributed by atoms with Gasteiger partial charge < -0.3 is 5.73 Å². The van der Waals surface area contributed by atoms with Crippen LogP contribution in [-0.2, 0) is 9.84 Å². The van der Waals surface area contributed by atoms with Gasteiger partial charge in [-0.25, -0.2) is 18.4 Å². The third-order valence-electron chi connectivity index (χ3n) is 7.08. The average molecular weight is 530 g/mol. The van der Waals surface area contributed by atoms with Gasteiger partial charge >= 0.3 is 0 Å². The number of nitrogens with zero attached hydrogens (tertiary/aromatic N) is 3. The molecule has 2 fully saturated rings. The first-order valence-corrected chi connectivity index (χ1v) is 14.0. The molecule has 1 aliphatic carbocycles. The van der Waals surface area contributed by atoms with Crippen LogP contribution in [0.3, 0.4) is 0 Å². The summed E-state index contributed by atoms with van der Waals surface area (Å²) < 4.78 is 28.3. The smallest absolute Gasteiger partial charge is 0.216 e. The molecule has 3 atom stereocenters. The first-order chi connectivity index (χ1) is 15.9. The lowest BCUT2D eigenvalue weighted by atomic mass is 9.95. The molecule has 0 amide bonds. The molecular weight excluding hydrogens is 500 g/mol. The Morgan fingerprint density at radius 3 is 2.58 bits per heavy atom. The number of rotatable bonds is 4. The number of sulfone groups is 1. The maximum Gasteiger partial charge on any atom is 0.216 e. The maximum atomic E-state index is 13.7. The van der Waals surface area contributed by atoms with Crippen LogP contribution >= 0.6 is 15.9 Å². The van der Waals surface area contributed by atoms with E-state index < -0.39 is 9.84 Å². The molecule has 3 unspecified atom stereocenters. The average Bonchev–Trinajstić information content (AvgIpc) is 3.14. The molecule has 0 bridgehead atoms. The Balaban J connectivity index is 1.58. The van der Waals surface area contributed by atoms with E-state index in [0.717, 1.165) is 67.2 Å². The van der Waals surface area contributed by atoms with E-state index in [1.807, 2.05) is 18.2 Å². The molecule has 1 saturated carbocycles. The molecule has 2 aromatic carbocycles. The monoisotopic (exact) mass is 528 g/mol. The predicted octanol–water partition coefficient (Wildman–Crippen LogP) is 5.09. The Kier molecular flexibility index (Phi) is 6.42. The zero-order chi connectivity index (χ0) is 23.0. The van der Waals surface area contributed by atoms with Crippen molar-refractivity contribution in [3.05, 3.63) is 58.6 Å². The number of nitrogens with two attached hydrogens (primary N) is 1. The van der Waals surface area contributed by atoms with E-state index in [1.54, 1.807) is 30.3 Å². The second-order valence-electron chi connectivity index (χ2n) is 9.10. The summed E-state index contributed by atoms with van der Waals surface area (Å²) >= 11 is 3.40. The summed E-state index contributed by atoms with van der Waals surface area (Å²) in [6, 6.07) is 14.3. The second-order valence-corrected chi connectivity index (χ2v) is 11.9. The molecular formula is C25H29BrN4O2S. The summed E-state index contributed by atoms with van der Waals surface area (Å²) in [5.41, 5.74) is 8.15. The van der Waals surface area contributed by atoms with Gasteiger partial charge in [0.1, 0.15) is 6.17 Å². The number of guanidine groups is 1. The highest BCUT2D eigenvalue weighted by molar-refractivity contribution is 9.10. The van der Waals surface area contributed by atoms with E-state index in [2.05, 4.69) is 25.8 Å². The van der Waals surface area contributed by atoms with Crippen molar-refractivity contribution in [2.75, 3.05) is 6.54 Å². The molecule has 3 aliphatic rings. The highest BCUT2D eigenvalue weighted by Crippen LogP contribution is 2.41. The van der Waals surface area contributed by atoms with Crippen LogP contribution in [0.25, 0.3) is 0 Å². The highest BCUT2D eigenvalue weighted by Gasteiger charge is 2.41. The highest BCUT2D eigenvalue weighted by atomic mass is 79.9. The van der Waals surface area contributed by atoms with Gasteiger partial charge in [0.15, 0.2) is 0 Å². The minimum atomic E-state index is -3.66. The van der Waals surface area contributed by atoms with Crippen LogP contribution < -0.4 is 5.73 Å². The molecule has 0 radical (unpaired) electrons. The molecule has 1 saturated heterocycles. The van der Waals surface area contributed by atoms with E-state index in [1.165, 1.54) is 0 Å². The molecule has 5 rings (SSSR count). The normalized spacial score (nSPS) is 26.3. The minimum absolute atomic E-state index is 0.0320. The van der Waals surface area contributed by atoms with Gasteiger partial charge in [0.2, 0.25) is 15.8 Å². The van der Waals surface area contributed by atoms with Crippen LogP contribution in [0.4, 0.5) is 0 Å². The van der Waals surface area contributed by atoms with E-state index in [9.17, 15) is 8.42 Å². The molecule has 33 heavy (non-hydrogen) atoms. The number of hydrogen-bond acceptors (Lipinski definition) is 6. The SMILES string of the molecule is NC1=NC(N2CCCCCC2c2ccccc2S(=O)(=O)c2ccc(Br)cc2)C2CCCC2=N1. The van der Waals surface area contributed by atoms with Crippen molar-refractivity contribution in [3.63, 3.8) is 0 Å². The second kappa shape index (κ2) is 9.31. The van der Waals surface area contributed by atoms with Gasteiger partial charge in [-0.3, -0.25) is 4.90 Å². The van der Waals surface area contributed by atoms with Crippen LogP contribution in [0.1, 0.15) is 56.6 Å². The van der Waals surface area contributed by atoms with Crippen molar-refractivity contribution < 1.29 is 8.42 Å². The van der Waals surface area contributed by atoms with E-state index >= 15 is 0 Å². The largest absolute Gasteiger partial charge is 0.368 e. The predicted molar refractivity (Wildman–Crippen MR) is 134 cm³/mol. The van der Waals surface area contributed by atoms with Crippen LogP contribution in [0.15, 0.2) is 72.8 Å². The minimum Gasteiger partial charge on any atom is -0.368 e. The fraction of sp³-hybridized carbons (Fsp3) is 0.440. The first kappa shape index (κ1) is 22.7. The molecule has 2 aromatic rings. The number of fused-ring (bicyclic) bond motifs is 1. The lowest BCUT2D eigenvalue weighted by Gasteiger charge is -2.39. The van der Waals surface area contributed by atoms with Crippen molar-refractivity contribution in [3.8, 4) is 0 Å². The third-order valence-corrected chi connectivity index (χ3v) is 9.46. The van der Waals surface area contributed by atoms with Crippen molar-refractivity contribution in [1.29, 1.82) is 0 Å². The van der Waals surface area contributed by atoms with Crippen LogP contribution in [-0.4, -0.2) is 37.7 Å². The van der Waals surface area contributed by atoms with Gasteiger partial charge in [-0.05, 0) is 68.0 Å². The van der Waals surface area contributed by atoms with Crippen molar-refractivity contribution in [2.24, 2.45) is 21.6 Å². The Hall–Kier alpha value is -2.03. The fourth-order valence-electron chi connectivity index (χ4n) is 5.54. The summed E-state index contributed by atoms with van der Waals surface area (Å²) in [6.07, 6.45) is 7.23. The quantitative estimate of drug-likeness (QED) is 0.598. The fourth-order valence-corrected chi connectivity index (χ4v) is 7.33. The van der Waals surface area contributed by atoms with Crippen molar-refractivity contribution in [1.82, 2.24) is 4.90 Å². The molecule has 2 N–H and O–H groups in total. The van der Waals surface area contributed by atoms with E-state index in [-0.39, 0.29) is 18.1 Å². The van der Waals surface area contributed by atoms with Crippen molar-refractivity contribution in [2.45, 2.75) is 66.9 Å². The zero-order valence-corrected chi connectivity index (χ0v) is 20.9. The number of hydrogen-bond donors (Lipinski definition) is 1. The van der Waals surface area contributed by atoms with Crippen LogP contribution in [0, 0.1) is 5.92 Å². The Bertz CT molecular complexity index is 1190. The molecule has 2 aliphatic heterocycles. The zero-order valence-electron chi connectivity index (χ0n) is 18.5. The molecule has 8 heteroatoms. The molecule has 0 aromatic heterocycles. The van der Waals surface area contributed by atoms with Gasteiger partial charge in [0, 0.05) is 28.7 Å². The van der Waals surface area contributed by atoms with Crippen LogP contribution in [0.5, 0.6) is 0 Å². The number of benzene rings is 2. The lowest BCUT2D eigenvalue weighted by Crippen LogP contribution is -2.46. The van der Waals surface area contributed by atoms with Gasteiger partial charge in [-0.1, -0.05) is 47.0 Å². The molecule has 2 heterocycles. The maximum absolute atomic E-state index is 13.7. The lowest BCUT2D eigenvalue weighted by molar-refractivity contribution is 0.114. The summed E-state index contributed by atoms with van der Waals surface area (Å²) in [7, 11) is -3.66. The number of aliphatic imine (C=N–C) groups is 2. The van der Waals surface area contributed by atoms with Crippen molar-refractivity contribution >= 4 is 37.4 Å². The first-order valence-electron chi connectivity index (χ1n) is 11.7.